The Morgan fingerprint density at radius 3 is 2.20 bits per heavy atom. The van der Waals surface area contributed by atoms with E-state index in [0.29, 0.717) is 18.7 Å². The molecule has 0 fully saturated rings. The van der Waals surface area contributed by atoms with Gasteiger partial charge in [-0.15, -0.1) is 0 Å². The number of ether oxygens (including phenoxy) is 1. The average molecular weight is 473 g/mol. The van der Waals surface area contributed by atoms with Crippen molar-refractivity contribution < 1.29 is 14.3 Å². The Hall–Kier alpha value is -3.60. The minimum absolute atomic E-state index is 0.0142. The SMILES string of the molecule is CC[C@@H](C)NC(=O)[C@H](Cc1ccccc1)N(Cc1ccc(C)cc1)C(=O)COc1ccccc1C. The molecule has 5 heteroatoms. The molecule has 3 aromatic rings. The maximum absolute atomic E-state index is 13.6. The van der Waals surface area contributed by atoms with Crippen LogP contribution in [0.3, 0.4) is 0 Å². The molecule has 0 radical (unpaired) electrons. The van der Waals surface area contributed by atoms with Crippen LogP contribution in [0.5, 0.6) is 5.75 Å². The topological polar surface area (TPSA) is 58.6 Å². The number of para-hydroxylation sites is 1. The highest BCUT2D eigenvalue weighted by molar-refractivity contribution is 5.88. The summed E-state index contributed by atoms with van der Waals surface area (Å²) in [5.41, 5.74) is 4.07. The van der Waals surface area contributed by atoms with Gasteiger partial charge in [-0.3, -0.25) is 9.59 Å². The highest BCUT2D eigenvalue weighted by Gasteiger charge is 2.31. The Kier molecular flexibility index (Phi) is 9.47. The van der Waals surface area contributed by atoms with Gasteiger partial charge in [-0.25, -0.2) is 0 Å². The zero-order valence-electron chi connectivity index (χ0n) is 21.2. The highest BCUT2D eigenvalue weighted by Crippen LogP contribution is 2.19. The molecule has 3 aromatic carbocycles. The predicted molar refractivity (Wildman–Crippen MR) is 140 cm³/mol. The van der Waals surface area contributed by atoms with Gasteiger partial charge in [0.25, 0.3) is 5.91 Å². The lowest BCUT2D eigenvalue weighted by molar-refractivity contribution is -0.143. The summed E-state index contributed by atoms with van der Waals surface area (Å²) in [5, 5.41) is 3.09. The fourth-order valence-electron chi connectivity index (χ4n) is 3.83. The molecule has 0 aliphatic heterocycles. The maximum atomic E-state index is 13.6. The molecule has 0 saturated heterocycles. The Labute approximate surface area is 209 Å². The molecule has 0 unspecified atom stereocenters. The molecular weight excluding hydrogens is 436 g/mol. The molecule has 1 N–H and O–H groups in total. The lowest BCUT2D eigenvalue weighted by atomic mass is 10.0. The number of amides is 2. The van der Waals surface area contributed by atoms with Crippen molar-refractivity contribution in [1.29, 1.82) is 0 Å². The fourth-order valence-corrected chi connectivity index (χ4v) is 3.83. The third-order valence-corrected chi connectivity index (χ3v) is 6.19. The van der Waals surface area contributed by atoms with E-state index >= 15 is 0 Å². The number of benzene rings is 3. The summed E-state index contributed by atoms with van der Waals surface area (Å²) < 4.78 is 5.90. The second-order valence-corrected chi connectivity index (χ2v) is 9.08. The molecule has 5 nitrogen and oxygen atoms in total. The highest BCUT2D eigenvalue weighted by atomic mass is 16.5. The van der Waals surface area contributed by atoms with Crippen molar-refractivity contribution in [2.75, 3.05) is 6.61 Å². The molecule has 184 valence electrons. The number of hydrogen-bond acceptors (Lipinski definition) is 3. The van der Waals surface area contributed by atoms with Gasteiger partial charge in [0, 0.05) is 19.0 Å². The standard InChI is InChI=1S/C30H36N2O3/c1-5-24(4)31-30(34)27(19-25-12-7-6-8-13-25)32(20-26-17-15-22(2)16-18-26)29(33)21-35-28-14-10-9-11-23(28)3/h6-18,24,27H,5,19-21H2,1-4H3,(H,31,34)/t24-,27+/m1/s1. The van der Waals surface area contributed by atoms with E-state index in [-0.39, 0.29) is 24.5 Å². The van der Waals surface area contributed by atoms with Crippen molar-refractivity contribution >= 4 is 11.8 Å². The van der Waals surface area contributed by atoms with Crippen molar-refractivity contribution in [2.45, 2.75) is 59.2 Å². The van der Waals surface area contributed by atoms with Crippen LogP contribution >= 0.6 is 0 Å². The van der Waals surface area contributed by atoms with E-state index in [0.717, 1.165) is 28.7 Å². The normalized spacial score (nSPS) is 12.5. The van der Waals surface area contributed by atoms with Gasteiger partial charge in [0.1, 0.15) is 11.8 Å². The second kappa shape index (κ2) is 12.7. The van der Waals surface area contributed by atoms with E-state index in [2.05, 4.69) is 5.32 Å². The summed E-state index contributed by atoms with van der Waals surface area (Å²) in [4.78, 5) is 28.8. The first-order valence-electron chi connectivity index (χ1n) is 12.2. The lowest BCUT2D eigenvalue weighted by Crippen LogP contribution is -2.53. The first kappa shape index (κ1) is 26.0. The fraction of sp³-hybridized carbons (Fsp3) is 0.333. The second-order valence-electron chi connectivity index (χ2n) is 9.08. The van der Waals surface area contributed by atoms with Crippen LogP contribution in [-0.4, -0.2) is 35.4 Å². The van der Waals surface area contributed by atoms with E-state index in [1.807, 2.05) is 107 Å². The quantitative estimate of drug-likeness (QED) is 0.415. The zero-order valence-corrected chi connectivity index (χ0v) is 21.2. The minimum Gasteiger partial charge on any atom is -0.484 e. The molecule has 2 atom stereocenters. The molecule has 0 bridgehead atoms. The van der Waals surface area contributed by atoms with Gasteiger partial charge in [0.2, 0.25) is 5.91 Å². The molecule has 0 heterocycles. The minimum atomic E-state index is -0.666. The summed E-state index contributed by atoms with van der Waals surface area (Å²) in [6, 6.07) is 24.8. The monoisotopic (exact) mass is 472 g/mol. The Morgan fingerprint density at radius 2 is 1.54 bits per heavy atom. The third kappa shape index (κ3) is 7.71. The van der Waals surface area contributed by atoms with Crippen LogP contribution in [0, 0.1) is 13.8 Å². The molecule has 0 aliphatic rings. The number of carbonyl (C=O) groups is 2. The summed E-state index contributed by atoms with van der Waals surface area (Å²) in [6.45, 7) is 8.16. The predicted octanol–water partition coefficient (Wildman–Crippen LogP) is 5.24. The van der Waals surface area contributed by atoms with Gasteiger partial charge in [-0.05, 0) is 49.9 Å². The van der Waals surface area contributed by atoms with Gasteiger partial charge >= 0.3 is 0 Å². The van der Waals surface area contributed by atoms with Crippen LogP contribution < -0.4 is 10.1 Å². The van der Waals surface area contributed by atoms with Crippen LogP contribution in [0.1, 0.15) is 42.5 Å². The van der Waals surface area contributed by atoms with E-state index < -0.39 is 6.04 Å². The summed E-state index contributed by atoms with van der Waals surface area (Å²) in [6.07, 6.45) is 1.23. The Morgan fingerprint density at radius 1 is 0.886 bits per heavy atom. The van der Waals surface area contributed by atoms with Gasteiger partial charge in [-0.1, -0.05) is 85.3 Å². The molecule has 35 heavy (non-hydrogen) atoms. The molecule has 0 aliphatic carbocycles. The van der Waals surface area contributed by atoms with Gasteiger partial charge in [-0.2, -0.15) is 0 Å². The van der Waals surface area contributed by atoms with Crippen molar-refractivity contribution in [3.05, 3.63) is 101 Å². The third-order valence-electron chi connectivity index (χ3n) is 6.19. The molecular formula is C30H36N2O3. The largest absolute Gasteiger partial charge is 0.484 e. The smallest absolute Gasteiger partial charge is 0.261 e. The van der Waals surface area contributed by atoms with Gasteiger partial charge in [0.15, 0.2) is 6.61 Å². The van der Waals surface area contributed by atoms with Gasteiger partial charge < -0.3 is 15.0 Å². The first-order valence-corrected chi connectivity index (χ1v) is 12.2. The number of nitrogens with zero attached hydrogens (tertiary/aromatic N) is 1. The first-order chi connectivity index (χ1) is 16.9. The molecule has 2 amide bonds. The van der Waals surface area contributed by atoms with Crippen molar-refractivity contribution in [2.24, 2.45) is 0 Å². The number of carbonyl (C=O) groups excluding carboxylic acids is 2. The summed E-state index contributed by atoms with van der Waals surface area (Å²) in [5.74, 6) is 0.286. The number of nitrogens with one attached hydrogen (secondary N) is 1. The number of rotatable bonds is 11. The van der Waals surface area contributed by atoms with Crippen LogP contribution in [-0.2, 0) is 22.6 Å². The average Bonchev–Trinajstić information content (AvgIpc) is 2.87. The molecule has 0 aromatic heterocycles. The molecule has 3 rings (SSSR count). The lowest BCUT2D eigenvalue weighted by Gasteiger charge is -2.32. The zero-order chi connectivity index (χ0) is 25.2. The van der Waals surface area contributed by atoms with Crippen LogP contribution in [0.2, 0.25) is 0 Å². The van der Waals surface area contributed by atoms with Gasteiger partial charge in [0.05, 0.1) is 0 Å². The van der Waals surface area contributed by atoms with E-state index in [9.17, 15) is 9.59 Å². The number of hydrogen-bond donors (Lipinski definition) is 1. The maximum Gasteiger partial charge on any atom is 0.261 e. The Bertz CT molecular complexity index is 1100. The Balaban J connectivity index is 1.91. The molecule has 0 saturated carbocycles. The van der Waals surface area contributed by atoms with Crippen LogP contribution in [0.4, 0.5) is 0 Å². The van der Waals surface area contributed by atoms with E-state index in [4.69, 9.17) is 4.74 Å². The van der Waals surface area contributed by atoms with Crippen LogP contribution in [0.15, 0.2) is 78.9 Å². The van der Waals surface area contributed by atoms with E-state index in [1.165, 1.54) is 0 Å². The van der Waals surface area contributed by atoms with E-state index in [1.54, 1.807) is 4.90 Å². The van der Waals surface area contributed by atoms with Crippen molar-refractivity contribution in [1.82, 2.24) is 10.2 Å². The van der Waals surface area contributed by atoms with Crippen molar-refractivity contribution in [3.63, 3.8) is 0 Å². The van der Waals surface area contributed by atoms with Crippen LogP contribution in [0.25, 0.3) is 0 Å². The summed E-state index contributed by atoms with van der Waals surface area (Å²) >= 11 is 0. The molecule has 0 spiro atoms. The number of aryl methyl sites for hydroxylation is 2. The van der Waals surface area contributed by atoms with Crippen molar-refractivity contribution in [3.8, 4) is 5.75 Å². The summed E-state index contributed by atoms with van der Waals surface area (Å²) in [7, 11) is 0.